The van der Waals surface area contributed by atoms with Crippen molar-refractivity contribution >= 4 is 0 Å². The van der Waals surface area contributed by atoms with E-state index in [-0.39, 0.29) is 6.04 Å². The van der Waals surface area contributed by atoms with E-state index < -0.39 is 0 Å². The minimum absolute atomic E-state index is 0.229. The fourth-order valence-electron chi connectivity index (χ4n) is 1.62. The van der Waals surface area contributed by atoms with E-state index in [2.05, 4.69) is 34.3 Å². The van der Waals surface area contributed by atoms with Crippen LogP contribution in [0.5, 0.6) is 0 Å². The second-order valence-corrected chi connectivity index (χ2v) is 3.66. The Bertz CT molecular complexity index is 250. The first-order valence-electron chi connectivity index (χ1n) is 5.37. The number of ether oxygens (including phenoxy) is 1. The maximum atomic E-state index is 5.08. The number of nitrogens with one attached hydrogen (secondary N) is 2. The maximum absolute atomic E-state index is 5.08. The molecule has 0 radical (unpaired) electrons. The van der Waals surface area contributed by atoms with Gasteiger partial charge in [0.1, 0.15) is 12.2 Å². The maximum Gasteiger partial charge on any atom is 0.141 e. The van der Waals surface area contributed by atoms with Crippen LogP contribution in [-0.4, -0.2) is 35.4 Å². The Morgan fingerprint density at radius 2 is 2.40 bits per heavy atom. The van der Waals surface area contributed by atoms with Crippen LogP contribution in [0.15, 0.2) is 6.33 Å². The Morgan fingerprint density at radius 1 is 1.60 bits per heavy atom. The topological polar surface area (TPSA) is 62.8 Å². The first kappa shape index (κ1) is 12.1. The number of rotatable bonds is 7. The monoisotopic (exact) mass is 212 g/mol. The molecule has 1 heterocycles. The van der Waals surface area contributed by atoms with E-state index >= 15 is 0 Å². The van der Waals surface area contributed by atoms with E-state index in [0.29, 0.717) is 5.92 Å². The van der Waals surface area contributed by atoms with Gasteiger partial charge in [-0.15, -0.1) is 0 Å². The lowest BCUT2D eigenvalue weighted by atomic mass is 9.98. The Kier molecular flexibility index (Phi) is 5.28. The zero-order valence-corrected chi connectivity index (χ0v) is 9.66. The normalized spacial score (nSPS) is 15.1. The lowest BCUT2D eigenvalue weighted by Gasteiger charge is -2.22. The summed E-state index contributed by atoms with van der Waals surface area (Å²) in [6.07, 6.45) is 2.55. The molecule has 2 unspecified atom stereocenters. The molecule has 0 bridgehead atoms. The number of hydrogen-bond donors (Lipinski definition) is 2. The summed E-state index contributed by atoms with van der Waals surface area (Å²) in [6, 6.07) is 0.229. The number of H-pyrrole nitrogens is 1. The molecule has 0 amide bonds. The second kappa shape index (κ2) is 6.53. The van der Waals surface area contributed by atoms with Crippen LogP contribution >= 0.6 is 0 Å². The van der Waals surface area contributed by atoms with Crippen LogP contribution in [-0.2, 0) is 4.74 Å². The zero-order chi connectivity index (χ0) is 11.1. The molecular formula is C10H20N4O. The standard InChI is InChI=1S/C10H20N4O/c1-4-11-9(8(2)5-6-15-3)10-12-7-13-14-10/h7-9,11H,4-6H2,1-3H3,(H,12,13,14). The van der Waals surface area contributed by atoms with Crippen LogP contribution in [0.3, 0.4) is 0 Å². The fourth-order valence-corrected chi connectivity index (χ4v) is 1.62. The molecule has 2 N–H and O–H groups in total. The first-order chi connectivity index (χ1) is 7.29. The predicted molar refractivity (Wildman–Crippen MR) is 58.5 cm³/mol. The molecule has 0 aromatic carbocycles. The Morgan fingerprint density at radius 3 is 2.93 bits per heavy atom. The van der Waals surface area contributed by atoms with Crippen LogP contribution in [0.4, 0.5) is 0 Å². The predicted octanol–water partition coefficient (Wildman–Crippen LogP) is 1.13. The minimum atomic E-state index is 0.229. The second-order valence-electron chi connectivity index (χ2n) is 3.66. The van der Waals surface area contributed by atoms with E-state index in [9.17, 15) is 0 Å². The quantitative estimate of drug-likeness (QED) is 0.711. The molecule has 0 aliphatic rings. The molecule has 1 rings (SSSR count). The molecule has 0 fully saturated rings. The molecule has 5 nitrogen and oxygen atoms in total. The molecule has 0 aliphatic heterocycles. The lowest BCUT2D eigenvalue weighted by Crippen LogP contribution is -2.28. The highest BCUT2D eigenvalue weighted by molar-refractivity contribution is 4.93. The smallest absolute Gasteiger partial charge is 0.141 e. The summed E-state index contributed by atoms with van der Waals surface area (Å²) < 4.78 is 5.08. The molecule has 1 aromatic heterocycles. The third-order valence-corrected chi connectivity index (χ3v) is 2.50. The van der Waals surface area contributed by atoms with E-state index in [0.717, 1.165) is 25.4 Å². The largest absolute Gasteiger partial charge is 0.385 e. The molecule has 0 spiro atoms. The van der Waals surface area contributed by atoms with Crippen LogP contribution in [0.2, 0.25) is 0 Å². The van der Waals surface area contributed by atoms with Gasteiger partial charge in [-0.1, -0.05) is 13.8 Å². The van der Waals surface area contributed by atoms with Gasteiger partial charge in [0.15, 0.2) is 0 Å². The highest BCUT2D eigenvalue weighted by Crippen LogP contribution is 2.20. The molecule has 0 saturated carbocycles. The van der Waals surface area contributed by atoms with Crippen molar-refractivity contribution < 1.29 is 4.74 Å². The van der Waals surface area contributed by atoms with Crippen molar-refractivity contribution in [2.24, 2.45) is 5.92 Å². The van der Waals surface area contributed by atoms with Crippen LogP contribution < -0.4 is 5.32 Å². The summed E-state index contributed by atoms with van der Waals surface area (Å²) in [5.41, 5.74) is 0. The van der Waals surface area contributed by atoms with Crippen molar-refractivity contribution in [2.45, 2.75) is 26.3 Å². The van der Waals surface area contributed by atoms with Crippen LogP contribution in [0.25, 0.3) is 0 Å². The zero-order valence-electron chi connectivity index (χ0n) is 9.66. The van der Waals surface area contributed by atoms with Gasteiger partial charge in [-0.05, 0) is 18.9 Å². The van der Waals surface area contributed by atoms with Crippen molar-refractivity contribution in [3.63, 3.8) is 0 Å². The summed E-state index contributed by atoms with van der Waals surface area (Å²) in [6.45, 7) is 5.97. The molecule has 0 aliphatic carbocycles. The number of nitrogens with zero attached hydrogens (tertiary/aromatic N) is 2. The van der Waals surface area contributed by atoms with E-state index in [4.69, 9.17) is 4.74 Å². The average Bonchev–Trinajstić information content (AvgIpc) is 2.75. The van der Waals surface area contributed by atoms with Gasteiger partial charge in [0, 0.05) is 13.7 Å². The van der Waals surface area contributed by atoms with Gasteiger partial charge in [-0.3, -0.25) is 5.10 Å². The molecular weight excluding hydrogens is 192 g/mol. The Hall–Kier alpha value is -0.940. The highest BCUT2D eigenvalue weighted by atomic mass is 16.5. The SMILES string of the molecule is CCNC(c1ncn[nH]1)C(C)CCOC. The van der Waals surface area contributed by atoms with Gasteiger partial charge in [-0.2, -0.15) is 5.10 Å². The van der Waals surface area contributed by atoms with E-state index in [1.807, 2.05) is 0 Å². The number of methoxy groups -OCH3 is 1. The molecule has 5 heteroatoms. The summed E-state index contributed by atoms with van der Waals surface area (Å²) >= 11 is 0. The molecule has 15 heavy (non-hydrogen) atoms. The molecule has 2 atom stereocenters. The summed E-state index contributed by atoms with van der Waals surface area (Å²) in [5.74, 6) is 1.37. The Labute approximate surface area is 90.6 Å². The summed E-state index contributed by atoms with van der Waals surface area (Å²) in [4.78, 5) is 4.19. The van der Waals surface area contributed by atoms with Crippen molar-refractivity contribution in [1.29, 1.82) is 0 Å². The molecule has 1 aromatic rings. The van der Waals surface area contributed by atoms with Gasteiger partial charge in [0.2, 0.25) is 0 Å². The van der Waals surface area contributed by atoms with Gasteiger partial charge in [-0.25, -0.2) is 4.98 Å². The van der Waals surface area contributed by atoms with Gasteiger partial charge < -0.3 is 10.1 Å². The first-order valence-corrected chi connectivity index (χ1v) is 5.37. The highest BCUT2D eigenvalue weighted by Gasteiger charge is 2.20. The number of aromatic amines is 1. The summed E-state index contributed by atoms with van der Waals surface area (Å²) in [5, 5.41) is 10.2. The fraction of sp³-hybridized carbons (Fsp3) is 0.800. The minimum Gasteiger partial charge on any atom is -0.385 e. The van der Waals surface area contributed by atoms with Gasteiger partial charge in [0.05, 0.1) is 6.04 Å². The lowest BCUT2D eigenvalue weighted by molar-refractivity contribution is 0.169. The Balaban J connectivity index is 2.57. The van der Waals surface area contributed by atoms with Gasteiger partial charge >= 0.3 is 0 Å². The van der Waals surface area contributed by atoms with Crippen LogP contribution in [0.1, 0.15) is 32.1 Å². The number of hydrogen-bond acceptors (Lipinski definition) is 4. The molecule has 0 saturated heterocycles. The van der Waals surface area contributed by atoms with E-state index in [1.165, 1.54) is 0 Å². The molecule has 86 valence electrons. The van der Waals surface area contributed by atoms with Crippen molar-refractivity contribution in [3.8, 4) is 0 Å². The van der Waals surface area contributed by atoms with Crippen molar-refractivity contribution in [1.82, 2.24) is 20.5 Å². The third kappa shape index (κ3) is 3.60. The summed E-state index contributed by atoms with van der Waals surface area (Å²) in [7, 11) is 1.73. The van der Waals surface area contributed by atoms with Gasteiger partial charge in [0.25, 0.3) is 0 Å². The number of aromatic nitrogens is 3. The van der Waals surface area contributed by atoms with Crippen molar-refractivity contribution in [3.05, 3.63) is 12.2 Å². The van der Waals surface area contributed by atoms with Crippen LogP contribution in [0, 0.1) is 5.92 Å². The van der Waals surface area contributed by atoms with Crippen molar-refractivity contribution in [2.75, 3.05) is 20.3 Å². The van der Waals surface area contributed by atoms with E-state index in [1.54, 1.807) is 13.4 Å². The third-order valence-electron chi connectivity index (χ3n) is 2.50. The average molecular weight is 212 g/mol.